The van der Waals surface area contributed by atoms with E-state index in [1.165, 1.54) is 16.4 Å². The number of carbonyl (C=O) groups is 2. The van der Waals surface area contributed by atoms with E-state index < -0.39 is 10.0 Å². The highest BCUT2D eigenvalue weighted by Crippen LogP contribution is 2.27. The molecule has 0 radical (unpaired) electrons. The summed E-state index contributed by atoms with van der Waals surface area (Å²) in [5, 5.41) is 6.27. The largest absolute Gasteiger partial charge is 0.349 e. The van der Waals surface area contributed by atoms with Crippen LogP contribution >= 0.6 is 11.6 Å². The van der Waals surface area contributed by atoms with Crippen LogP contribution in [0.2, 0.25) is 5.02 Å². The van der Waals surface area contributed by atoms with Crippen molar-refractivity contribution in [2.45, 2.75) is 36.6 Å². The summed E-state index contributed by atoms with van der Waals surface area (Å²) in [5.74, 6) is -0.714. The third-order valence-corrected chi connectivity index (χ3v) is 7.78. The van der Waals surface area contributed by atoms with Crippen LogP contribution in [0, 0.1) is 5.92 Å². The molecule has 2 N–H and O–H groups in total. The standard InChI is InChI=1S/C22H24ClN3O4S/c23-16-5-9-18(10-6-16)31(29,30)26-13-11-15(12-14-26)21(27)25-20-4-2-1-3-19(20)22(28)24-17-7-8-17/h1-6,9-10,15,17H,7-8,11-14H2,(H,24,28)(H,25,27). The number of piperidine rings is 1. The molecule has 1 aliphatic heterocycles. The van der Waals surface area contributed by atoms with Gasteiger partial charge in [-0.3, -0.25) is 9.59 Å². The van der Waals surface area contributed by atoms with Gasteiger partial charge in [0, 0.05) is 30.1 Å². The number of nitrogens with one attached hydrogen (secondary N) is 2. The number of benzene rings is 2. The first-order valence-corrected chi connectivity index (χ1v) is 12.1. The molecule has 164 valence electrons. The van der Waals surface area contributed by atoms with Crippen molar-refractivity contribution in [1.82, 2.24) is 9.62 Å². The minimum atomic E-state index is -3.62. The molecule has 0 unspecified atom stereocenters. The summed E-state index contributed by atoms with van der Waals surface area (Å²) in [7, 11) is -3.62. The predicted octanol–water partition coefficient (Wildman–Crippen LogP) is 3.27. The molecule has 2 amide bonds. The average Bonchev–Trinajstić information content (AvgIpc) is 3.58. The topological polar surface area (TPSA) is 95.6 Å². The number of amides is 2. The van der Waals surface area contributed by atoms with E-state index >= 15 is 0 Å². The van der Waals surface area contributed by atoms with Crippen molar-refractivity contribution in [3.63, 3.8) is 0 Å². The molecule has 2 fully saturated rings. The summed E-state index contributed by atoms with van der Waals surface area (Å²) < 4.78 is 27.0. The average molecular weight is 462 g/mol. The highest BCUT2D eigenvalue weighted by molar-refractivity contribution is 7.89. The smallest absolute Gasteiger partial charge is 0.253 e. The Labute approximate surface area is 186 Å². The van der Waals surface area contributed by atoms with Gasteiger partial charge in [-0.1, -0.05) is 23.7 Å². The molecule has 2 aromatic carbocycles. The summed E-state index contributed by atoms with van der Waals surface area (Å²) in [6.45, 7) is 0.514. The Morgan fingerprint density at radius 3 is 2.23 bits per heavy atom. The molecule has 0 bridgehead atoms. The van der Waals surface area contributed by atoms with Crippen LogP contribution in [0.15, 0.2) is 53.4 Å². The molecule has 4 rings (SSSR count). The maximum atomic E-state index is 12.8. The number of anilines is 1. The van der Waals surface area contributed by atoms with Crippen LogP contribution < -0.4 is 10.6 Å². The lowest BCUT2D eigenvalue weighted by atomic mass is 9.97. The van der Waals surface area contributed by atoms with Crippen molar-refractivity contribution in [1.29, 1.82) is 0 Å². The van der Waals surface area contributed by atoms with Gasteiger partial charge in [-0.15, -0.1) is 0 Å². The molecule has 0 atom stereocenters. The first-order chi connectivity index (χ1) is 14.8. The van der Waals surface area contributed by atoms with Gasteiger partial charge in [0.1, 0.15) is 0 Å². The fourth-order valence-corrected chi connectivity index (χ4v) is 5.23. The van der Waals surface area contributed by atoms with Gasteiger partial charge in [0.15, 0.2) is 0 Å². The molecule has 1 aliphatic carbocycles. The quantitative estimate of drug-likeness (QED) is 0.690. The van der Waals surface area contributed by atoms with E-state index in [9.17, 15) is 18.0 Å². The number of halogens is 1. The number of hydrogen-bond donors (Lipinski definition) is 2. The molecule has 31 heavy (non-hydrogen) atoms. The Kier molecular flexibility index (Phi) is 6.31. The van der Waals surface area contributed by atoms with Crippen LogP contribution in [-0.4, -0.2) is 43.7 Å². The molecule has 1 heterocycles. The van der Waals surface area contributed by atoms with E-state index in [-0.39, 0.29) is 41.8 Å². The lowest BCUT2D eigenvalue weighted by molar-refractivity contribution is -0.120. The monoisotopic (exact) mass is 461 g/mol. The molecule has 1 saturated carbocycles. The van der Waals surface area contributed by atoms with Crippen LogP contribution in [0.5, 0.6) is 0 Å². The maximum Gasteiger partial charge on any atom is 0.253 e. The van der Waals surface area contributed by atoms with Crippen molar-refractivity contribution >= 4 is 39.1 Å². The van der Waals surface area contributed by atoms with Crippen LogP contribution in [-0.2, 0) is 14.8 Å². The second-order valence-corrected chi connectivity index (χ2v) is 10.3. The zero-order valence-electron chi connectivity index (χ0n) is 16.9. The van der Waals surface area contributed by atoms with Crippen molar-refractivity contribution in [3.8, 4) is 0 Å². The second-order valence-electron chi connectivity index (χ2n) is 7.91. The van der Waals surface area contributed by atoms with Gasteiger partial charge < -0.3 is 10.6 Å². The Morgan fingerprint density at radius 1 is 0.935 bits per heavy atom. The van der Waals surface area contributed by atoms with E-state index in [1.807, 2.05) is 0 Å². The van der Waals surface area contributed by atoms with E-state index in [4.69, 9.17) is 11.6 Å². The minimum Gasteiger partial charge on any atom is -0.349 e. The van der Waals surface area contributed by atoms with Crippen LogP contribution in [0.1, 0.15) is 36.0 Å². The molecule has 0 aromatic heterocycles. The fourth-order valence-electron chi connectivity index (χ4n) is 3.63. The van der Waals surface area contributed by atoms with Gasteiger partial charge in [0.2, 0.25) is 15.9 Å². The van der Waals surface area contributed by atoms with E-state index in [0.717, 1.165) is 12.8 Å². The Balaban J connectivity index is 1.38. The van der Waals surface area contributed by atoms with E-state index in [2.05, 4.69) is 10.6 Å². The number of carbonyl (C=O) groups excluding carboxylic acids is 2. The summed E-state index contributed by atoms with van der Waals surface area (Å²) in [6.07, 6.45) is 2.79. The van der Waals surface area contributed by atoms with Crippen LogP contribution in [0.25, 0.3) is 0 Å². The predicted molar refractivity (Wildman–Crippen MR) is 118 cm³/mol. The van der Waals surface area contributed by atoms with Crippen molar-refractivity contribution in [3.05, 3.63) is 59.1 Å². The first kappa shape index (κ1) is 21.8. The van der Waals surface area contributed by atoms with E-state index in [1.54, 1.807) is 36.4 Å². The Bertz CT molecular complexity index is 1080. The third-order valence-electron chi connectivity index (χ3n) is 5.62. The lowest BCUT2D eigenvalue weighted by Crippen LogP contribution is -2.41. The number of hydrogen-bond acceptors (Lipinski definition) is 4. The van der Waals surface area contributed by atoms with E-state index in [0.29, 0.717) is 29.1 Å². The zero-order valence-corrected chi connectivity index (χ0v) is 18.5. The summed E-state index contributed by atoms with van der Waals surface area (Å²) in [4.78, 5) is 25.4. The van der Waals surface area contributed by atoms with Crippen molar-refractivity contribution in [2.75, 3.05) is 18.4 Å². The summed E-state index contributed by atoms with van der Waals surface area (Å²) >= 11 is 5.85. The normalized spacial score (nSPS) is 17.8. The number of nitrogens with zero attached hydrogens (tertiary/aromatic N) is 1. The van der Waals surface area contributed by atoms with Crippen molar-refractivity contribution in [2.24, 2.45) is 5.92 Å². The highest BCUT2D eigenvalue weighted by atomic mass is 35.5. The lowest BCUT2D eigenvalue weighted by Gasteiger charge is -2.30. The van der Waals surface area contributed by atoms with Gasteiger partial charge >= 0.3 is 0 Å². The molecule has 1 saturated heterocycles. The Hall–Kier alpha value is -2.42. The fraction of sp³-hybridized carbons (Fsp3) is 0.364. The molecule has 0 spiro atoms. The number of sulfonamides is 1. The SMILES string of the molecule is O=C(NC1CC1)c1ccccc1NC(=O)C1CCN(S(=O)(=O)c2ccc(Cl)cc2)CC1. The molecular formula is C22H24ClN3O4S. The van der Waals surface area contributed by atoms with Gasteiger partial charge in [-0.05, 0) is 62.1 Å². The number of para-hydroxylation sites is 1. The number of rotatable bonds is 6. The first-order valence-electron chi connectivity index (χ1n) is 10.3. The molecule has 7 nitrogen and oxygen atoms in total. The minimum absolute atomic E-state index is 0.190. The Morgan fingerprint density at radius 2 is 1.58 bits per heavy atom. The molecule has 2 aliphatic rings. The second kappa shape index (κ2) is 8.98. The highest BCUT2D eigenvalue weighted by Gasteiger charge is 2.32. The summed E-state index contributed by atoms with van der Waals surface area (Å²) in [6, 6.07) is 13.2. The molecular weight excluding hydrogens is 438 g/mol. The van der Waals surface area contributed by atoms with Gasteiger partial charge in [0.25, 0.3) is 5.91 Å². The van der Waals surface area contributed by atoms with Crippen LogP contribution in [0.4, 0.5) is 5.69 Å². The molecule has 2 aromatic rings. The zero-order chi connectivity index (χ0) is 22.0. The third kappa shape index (κ3) is 5.08. The van der Waals surface area contributed by atoms with Gasteiger partial charge in [-0.25, -0.2) is 8.42 Å². The van der Waals surface area contributed by atoms with Crippen LogP contribution in [0.3, 0.4) is 0 Å². The van der Waals surface area contributed by atoms with Crippen molar-refractivity contribution < 1.29 is 18.0 Å². The molecule has 9 heteroatoms. The summed E-state index contributed by atoms with van der Waals surface area (Å²) in [5.41, 5.74) is 0.910. The van der Waals surface area contributed by atoms with Gasteiger partial charge in [0.05, 0.1) is 16.1 Å². The maximum absolute atomic E-state index is 12.8. The van der Waals surface area contributed by atoms with Gasteiger partial charge in [-0.2, -0.15) is 4.31 Å².